The van der Waals surface area contributed by atoms with E-state index in [1.165, 1.54) is 0 Å². The van der Waals surface area contributed by atoms with Crippen molar-refractivity contribution in [3.8, 4) is 0 Å². The fourth-order valence-electron chi connectivity index (χ4n) is 2.10. The normalized spacial score (nSPS) is 18.1. The second kappa shape index (κ2) is 5.93. The van der Waals surface area contributed by atoms with E-state index in [9.17, 15) is 0 Å². The van der Waals surface area contributed by atoms with E-state index in [0.717, 1.165) is 28.3 Å². The van der Waals surface area contributed by atoms with Gasteiger partial charge in [-0.3, -0.25) is 0 Å². The van der Waals surface area contributed by atoms with Crippen LogP contribution in [-0.2, 0) is 4.84 Å². The van der Waals surface area contributed by atoms with Crippen LogP contribution < -0.4 is 0 Å². The number of hydrogen-bond acceptors (Lipinski definition) is 2. The van der Waals surface area contributed by atoms with Gasteiger partial charge in [0.15, 0.2) is 6.10 Å². The number of nitrogens with zero attached hydrogens (tertiary/aromatic N) is 1. The van der Waals surface area contributed by atoms with Crippen molar-refractivity contribution in [3.05, 3.63) is 76.8 Å². The Bertz CT molecular complexity index is 632. The summed E-state index contributed by atoms with van der Waals surface area (Å²) in [6.07, 6.45) is 4.89. The molecule has 0 N–H and O–H groups in total. The van der Waals surface area contributed by atoms with Crippen LogP contribution in [0.5, 0.6) is 0 Å². The highest BCUT2D eigenvalue weighted by molar-refractivity contribution is 6.30. The molecule has 1 unspecified atom stereocenters. The first kappa shape index (κ1) is 12.9. The van der Waals surface area contributed by atoms with Gasteiger partial charge in [-0.2, -0.15) is 0 Å². The Hall–Kier alpha value is -2.06. The van der Waals surface area contributed by atoms with Crippen molar-refractivity contribution >= 4 is 23.4 Å². The number of halogens is 1. The molecule has 0 spiro atoms. The Balaban J connectivity index is 1.64. The lowest BCUT2D eigenvalue weighted by molar-refractivity contribution is 0.120. The fraction of sp³-hybridized carbons (Fsp3) is 0.118. The fourth-order valence-corrected chi connectivity index (χ4v) is 2.22. The molecule has 20 heavy (non-hydrogen) atoms. The predicted molar refractivity (Wildman–Crippen MR) is 83.0 cm³/mol. The van der Waals surface area contributed by atoms with Gasteiger partial charge in [0.25, 0.3) is 0 Å². The molecule has 2 aromatic carbocycles. The van der Waals surface area contributed by atoms with Gasteiger partial charge in [0.1, 0.15) is 0 Å². The molecular formula is C17H14ClNO. The monoisotopic (exact) mass is 283 g/mol. The molecule has 2 nitrogen and oxygen atoms in total. The summed E-state index contributed by atoms with van der Waals surface area (Å²) in [6.45, 7) is 0. The lowest BCUT2D eigenvalue weighted by Crippen LogP contribution is -2.04. The second-order valence-electron chi connectivity index (χ2n) is 4.66. The van der Waals surface area contributed by atoms with E-state index in [0.29, 0.717) is 0 Å². The maximum Gasteiger partial charge on any atom is 0.151 e. The van der Waals surface area contributed by atoms with Gasteiger partial charge in [0.2, 0.25) is 0 Å². The first-order valence-corrected chi connectivity index (χ1v) is 6.91. The Kier molecular flexibility index (Phi) is 3.84. The van der Waals surface area contributed by atoms with E-state index >= 15 is 0 Å². The molecule has 1 aliphatic heterocycles. The van der Waals surface area contributed by atoms with Crippen LogP contribution in [0.3, 0.4) is 0 Å². The van der Waals surface area contributed by atoms with Crippen molar-refractivity contribution in [2.24, 2.45) is 5.16 Å². The summed E-state index contributed by atoms with van der Waals surface area (Å²) < 4.78 is 0. The zero-order valence-electron chi connectivity index (χ0n) is 10.9. The molecule has 3 heteroatoms. The molecule has 2 aromatic rings. The van der Waals surface area contributed by atoms with Crippen LogP contribution in [0.1, 0.15) is 17.5 Å². The minimum atomic E-state index is 0.000819. The number of oxime groups is 1. The standard InChI is InChI=1S/C17H14ClNO/c18-15-9-7-14(8-10-15)17-12-16(20-19-17)11-6-13-4-2-1-3-5-13/h1-11,16H,12H2/b11-6+. The van der Waals surface area contributed by atoms with Crippen LogP contribution >= 0.6 is 11.6 Å². The van der Waals surface area contributed by atoms with Crippen LogP contribution in [0.4, 0.5) is 0 Å². The van der Waals surface area contributed by atoms with Crippen LogP contribution in [0.2, 0.25) is 5.02 Å². The zero-order valence-corrected chi connectivity index (χ0v) is 11.6. The second-order valence-corrected chi connectivity index (χ2v) is 5.10. The number of rotatable bonds is 3. The zero-order chi connectivity index (χ0) is 13.8. The lowest BCUT2D eigenvalue weighted by Gasteiger charge is -2.01. The molecular weight excluding hydrogens is 270 g/mol. The Morgan fingerprint density at radius 3 is 2.55 bits per heavy atom. The Morgan fingerprint density at radius 2 is 1.80 bits per heavy atom. The lowest BCUT2D eigenvalue weighted by atomic mass is 10.0. The maximum atomic E-state index is 5.88. The summed E-state index contributed by atoms with van der Waals surface area (Å²) >= 11 is 5.88. The van der Waals surface area contributed by atoms with Crippen molar-refractivity contribution in [3.63, 3.8) is 0 Å². The summed E-state index contributed by atoms with van der Waals surface area (Å²) in [5.41, 5.74) is 3.19. The topological polar surface area (TPSA) is 21.6 Å². The van der Waals surface area contributed by atoms with E-state index in [2.05, 4.69) is 23.4 Å². The van der Waals surface area contributed by atoms with E-state index in [-0.39, 0.29) is 6.10 Å². The molecule has 0 amide bonds. The maximum absolute atomic E-state index is 5.88. The third-order valence-electron chi connectivity index (χ3n) is 3.17. The first-order chi connectivity index (χ1) is 9.81. The molecule has 0 radical (unpaired) electrons. The van der Waals surface area contributed by atoms with Gasteiger partial charge in [0.05, 0.1) is 5.71 Å². The Labute approximate surface area is 123 Å². The Morgan fingerprint density at radius 1 is 1.05 bits per heavy atom. The van der Waals surface area contributed by atoms with Gasteiger partial charge in [-0.15, -0.1) is 0 Å². The minimum absolute atomic E-state index is 0.000819. The van der Waals surface area contributed by atoms with E-state index in [1.54, 1.807) is 0 Å². The highest BCUT2D eigenvalue weighted by Gasteiger charge is 2.19. The molecule has 0 aromatic heterocycles. The SMILES string of the molecule is Clc1ccc(C2=NOC(/C=C/c3ccccc3)C2)cc1. The third kappa shape index (κ3) is 3.09. The van der Waals surface area contributed by atoms with Gasteiger partial charge in [-0.05, 0) is 29.3 Å². The highest BCUT2D eigenvalue weighted by atomic mass is 35.5. The van der Waals surface area contributed by atoms with Crippen molar-refractivity contribution < 1.29 is 4.84 Å². The molecule has 1 aliphatic rings. The van der Waals surface area contributed by atoms with Crippen LogP contribution in [0, 0.1) is 0 Å². The van der Waals surface area contributed by atoms with E-state index in [1.807, 2.05) is 48.5 Å². The van der Waals surface area contributed by atoms with Gasteiger partial charge in [-0.25, -0.2) is 0 Å². The summed E-state index contributed by atoms with van der Waals surface area (Å²) in [5.74, 6) is 0. The number of benzene rings is 2. The van der Waals surface area contributed by atoms with Gasteiger partial charge in [-0.1, -0.05) is 65.3 Å². The van der Waals surface area contributed by atoms with Crippen molar-refractivity contribution in [2.75, 3.05) is 0 Å². The van der Waals surface area contributed by atoms with Gasteiger partial charge < -0.3 is 4.84 Å². The van der Waals surface area contributed by atoms with Crippen LogP contribution in [-0.4, -0.2) is 11.8 Å². The minimum Gasteiger partial charge on any atom is -0.388 e. The average molecular weight is 284 g/mol. The molecule has 0 fully saturated rings. The molecule has 0 aliphatic carbocycles. The summed E-state index contributed by atoms with van der Waals surface area (Å²) in [5, 5.41) is 4.88. The van der Waals surface area contributed by atoms with Crippen molar-refractivity contribution in [1.29, 1.82) is 0 Å². The predicted octanol–water partition coefficient (Wildman–Crippen LogP) is 4.55. The quantitative estimate of drug-likeness (QED) is 0.810. The van der Waals surface area contributed by atoms with Gasteiger partial charge in [0, 0.05) is 11.4 Å². The van der Waals surface area contributed by atoms with Crippen LogP contribution in [0.25, 0.3) is 6.08 Å². The van der Waals surface area contributed by atoms with Crippen molar-refractivity contribution in [2.45, 2.75) is 12.5 Å². The third-order valence-corrected chi connectivity index (χ3v) is 3.43. The highest BCUT2D eigenvalue weighted by Crippen LogP contribution is 2.20. The molecule has 1 atom stereocenters. The average Bonchev–Trinajstić information content (AvgIpc) is 2.96. The van der Waals surface area contributed by atoms with Crippen molar-refractivity contribution in [1.82, 2.24) is 0 Å². The smallest absolute Gasteiger partial charge is 0.151 e. The molecule has 1 heterocycles. The summed E-state index contributed by atoms with van der Waals surface area (Å²) in [6, 6.07) is 17.8. The molecule has 0 saturated carbocycles. The first-order valence-electron chi connectivity index (χ1n) is 6.53. The number of hydrogen-bond donors (Lipinski definition) is 0. The van der Waals surface area contributed by atoms with E-state index < -0.39 is 0 Å². The molecule has 0 bridgehead atoms. The molecule has 100 valence electrons. The largest absolute Gasteiger partial charge is 0.388 e. The van der Waals surface area contributed by atoms with Gasteiger partial charge >= 0.3 is 0 Å². The summed E-state index contributed by atoms with van der Waals surface area (Å²) in [7, 11) is 0. The molecule has 3 rings (SSSR count). The summed E-state index contributed by atoms with van der Waals surface area (Å²) in [4.78, 5) is 5.44. The molecule has 0 saturated heterocycles. The van der Waals surface area contributed by atoms with E-state index in [4.69, 9.17) is 16.4 Å². The van der Waals surface area contributed by atoms with Crippen LogP contribution in [0.15, 0.2) is 65.8 Å².